The molecule has 0 spiro atoms. The van der Waals surface area contributed by atoms with Crippen LogP contribution in [0.4, 0.5) is 0 Å². The second-order valence-corrected chi connectivity index (χ2v) is 4.29. The standard InChI is InChI=1S/C10H24N2/c1-8(2)6-12-7-10(5-11)9(3)4/h8-10,12H,5-7,11H2,1-4H3. The topological polar surface area (TPSA) is 38.0 Å². The molecular formula is C10H24N2. The normalized spacial score (nSPS) is 14.2. The molecule has 0 heterocycles. The molecule has 12 heavy (non-hydrogen) atoms. The highest BCUT2D eigenvalue weighted by Crippen LogP contribution is 2.07. The van der Waals surface area contributed by atoms with Gasteiger partial charge in [0.2, 0.25) is 0 Å². The summed E-state index contributed by atoms with van der Waals surface area (Å²) in [6.45, 7) is 11.9. The van der Waals surface area contributed by atoms with Crippen LogP contribution >= 0.6 is 0 Å². The number of hydrogen-bond acceptors (Lipinski definition) is 2. The van der Waals surface area contributed by atoms with Gasteiger partial charge in [-0.3, -0.25) is 0 Å². The third-order valence-electron chi connectivity index (χ3n) is 2.20. The van der Waals surface area contributed by atoms with Gasteiger partial charge in [0.05, 0.1) is 0 Å². The van der Waals surface area contributed by atoms with Crippen LogP contribution in [-0.2, 0) is 0 Å². The summed E-state index contributed by atoms with van der Waals surface area (Å²) < 4.78 is 0. The van der Waals surface area contributed by atoms with E-state index >= 15 is 0 Å². The summed E-state index contributed by atoms with van der Waals surface area (Å²) in [5.74, 6) is 2.05. The lowest BCUT2D eigenvalue weighted by molar-refractivity contribution is 0.362. The zero-order valence-corrected chi connectivity index (χ0v) is 8.93. The first kappa shape index (κ1) is 11.9. The molecule has 0 radical (unpaired) electrons. The maximum Gasteiger partial charge on any atom is -0.000589 e. The van der Waals surface area contributed by atoms with Gasteiger partial charge in [0.15, 0.2) is 0 Å². The van der Waals surface area contributed by atoms with Gasteiger partial charge in [-0.1, -0.05) is 27.7 Å². The fourth-order valence-corrected chi connectivity index (χ4v) is 1.15. The van der Waals surface area contributed by atoms with Crippen molar-refractivity contribution >= 4 is 0 Å². The van der Waals surface area contributed by atoms with Gasteiger partial charge < -0.3 is 11.1 Å². The number of hydrogen-bond donors (Lipinski definition) is 2. The monoisotopic (exact) mass is 172 g/mol. The van der Waals surface area contributed by atoms with Gasteiger partial charge in [0, 0.05) is 0 Å². The fourth-order valence-electron chi connectivity index (χ4n) is 1.15. The zero-order valence-electron chi connectivity index (χ0n) is 8.93. The lowest BCUT2D eigenvalue weighted by Gasteiger charge is -2.19. The van der Waals surface area contributed by atoms with Gasteiger partial charge in [-0.05, 0) is 37.4 Å². The van der Waals surface area contributed by atoms with E-state index in [1.807, 2.05) is 0 Å². The highest BCUT2D eigenvalue weighted by molar-refractivity contribution is 4.66. The van der Waals surface area contributed by atoms with Crippen LogP contribution in [0.25, 0.3) is 0 Å². The third-order valence-corrected chi connectivity index (χ3v) is 2.20. The predicted molar refractivity (Wildman–Crippen MR) is 55.1 cm³/mol. The Morgan fingerprint density at radius 2 is 1.67 bits per heavy atom. The maximum atomic E-state index is 5.65. The van der Waals surface area contributed by atoms with Crippen molar-refractivity contribution in [2.75, 3.05) is 19.6 Å². The van der Waals surface area contributed by atoms with Crippen molar-refractivity contribution in [2.45, 2.75) is 27.7 Å². The molecule has 0 saturated carbocycles. The number of nitrogens with one attached hydrogen (secondary N) is 1. The van der Waals surface area contributed by atoms with E-state index in [1.165, 1.54) is 0 Å². The molecule has 2 nitrogen and oxygen atoms in total. The summed E-state index contributed by atoms with van der Waals surface area (Å²) >= 11 is 0. The van der Waals surface area contributed by atoms with Gasteiger partial charge in [-0.25, -0.2) is 0 Å². The van der Waals surface area contributed by atoms with Gasteiger partial charge >= 0.3 is 0 Å². The van der Waals surface area contributed by atoms with E-state index in [4.69, 9.17) is 5.73 Å². The van der Waals surface area contributed by atoms with Gasteiger partial charge in [0.25, 0.3) is 0 Å². The van der Waals surface area contributed by atoms with E-state index in [0.29, 0.717) is 11.8 Å². The van der Waals surface area contributed by atoms with E-state index < -0.39 is 0 Å². The van der Waals surface area contributed by atoms with E-state index in [-0.39, 0.29) is 0 Å². The smallest absolute Gasteiger partial charge is 0.000589 e. The molecular weight excluding hydrogens is 148 g/mol. The first-order chi connectivity index (χ1) is 5.57. The summed E-state index contributed by atoms with van der Waals surface area (Å²) in [4.78, 5) is 0. The predicted octanol–water partition coefficient (Wildman–Crippen LogP) is 1.46. The molecule has 0 fully saturated rings. The zero-order chi connectivity index (χ0) is 9.56. The van der Waals surface area contributed by atoms with E-state index in [0.717, 1.165) is 25.6 Å². The van der Waals surface area contributed by atoms with Crippen molar-refractivity contribution in [1.82, 2.24) is 5.32 Å². The van der Waals surface area contributed by atoms with Crippen molar-refractivity contribution in [3.63, 3.8) is 0 Å². The van der Waals surface area contributed by atoms with E-state index in [1.54, 1.807) is 0 Å². The molecule has 1 unspecified atom stereocenters. The molecule has 0 amide bonds. The Balaban J connectivity index is 3.45. The van der Waals surface area contributed by atoms with Crippen molar-refractivity contribution in [3.05, 3.63) is 0 Å². The molecule has 0 aliphatic rings. The third kappa shape index (κ3) is 5.56. The van der Waals surface area contributed by atoms with Crippen LogP contribution < -0.4 is 11.1 Å². The maximum absolute atomic E-state index is 5.65. The Morgan fingerprint density at radius 1 is 1.08 bits per heavy atom. The Labute approximate surface area is 76.9 Å². The minimum absolute atomic E-state index is 0.628. The Kier molecular flexibility index (Phi) is 6.39. The first-order valence-electron chi connectivity index (χ1n) is 4.98. The molecule has 1 atom stereocenters. The van der Waals surface area contributed by atoms with Gasteiger partial charge in [-0.2, -0.15) is 0 Å². The Morgan fingerprint density at radius 3 is 2.00 bits per heavy atom. The van der Waals surface area contributed by atoms with Crippen molar-refractivity contribution in [3.8, 4) is 0 Å². The van der Waals surface area contributed by atoms with E-state index in [9.17, 15) is 0 Å². The average Bonchev–Trinajstić information content (AvgIpc) is 1.96. The molecule has 2 heteroatoms. The van der Waals surface area contributed by atoms with Crippen LogP contribution in [-0.4, -0.2) is 19.6 Å². The van der Waals surface area contributed by atoms with Gasteiger partial charge in [-0.15, -0.1) is 0 Å². The highest BCUT2D eigenvalue weighted by atomic mass is 14.9. The molecule has 0 aromatic heterocycles. The van der Waals surface area contributed by atoms with Gasteiger partial charge in [0.1, 0.15) is 0 Å². The largest absolute Gasteiger partial charge is 0.330 e. The molecule has 0 bridgehead atoms. The molecule has 0 aromatic carbocycles. The summed E-state index contributed by atoms with van der Waals surface area (Å²) in [5.41, 5.74) is 5.65. The molecule has 0 aliphatic heterocycles. The van der Waals surface area contributed by atoms with Crippen LogP contribution in [0.1, 0.15) is 27.7 Å². The molecule has 0 saturated heterocycles. The highest BCUT2D eigenvalue weighted by Gasteiger charge is 2.10. The first-order valence-corrected chi connectivity index (χ1v) is 4.98. The Hall–Kier alpha value is -0.0800. The van der Waals surface area contributed by atoms with Crippen molar-refractivity contribution < 1.29 is 0 Å². The quantitative estimate of drug-likeness (QED) is 0.636. The lowest BCUT2D eigenvalue weighted by Crippen LogP contribution is -2.33. The molecule has 0 aromatic rings. The van der Waals surface area contributed by atoms with Crippen LogP contribution in [0.5, 0.6) is 0 Å². The van der Waals surface area contributed by atoms with Crippen LogP contribution in [0.2, 0.25) is 0 Å². The number of nitrogens with two attached hydrogens (primary N) is 1. The second-order valence-electron chi connectivity index (χ2n) is 4.29. The Bertz CT molecular complexity index is 100. The van der Waals surface area contributed by atoms with Crippen LogP contribution in [0, 0.1) is 17.8 Å². The molecule has 0 aliphatic carbocycles. The minimum atomic E-state index is 0.628. The summed E-state index contributed by atoms with van der Waals surface area (Å²) in [5, 5.41) is 3.44. The van der Waals surface area contributed by atoms with Crippen molar-refractivity contribution in [1.29, 1.82) is 0 Å². The average molecular weight is 172 g/mol. The SMILES string of the molecule is CC(C)CNCC(CN)C(C)C. The molecule has 3 N–H and O–H groups in total. The molecule has 74 valence electrons. The van der Waals surface area contributed by atoms with Crippen LogP contribution in [0.3, 0.4) is 0 Å². The second kappa shape index (κ2) is 6.44. The lowest BCUT2D eigenvalue weighted by atomic mass is 9.96. The molecule has 0 rings (SSSR count). The summed E-state index contributed by atoms with van der Waals surface area (Å²) in [7, 11) is 0. The van der Waals surface area contributed by atoms with E-state index in [2.05, 4.69) is 33.0 Å². The van der Waals surface area contributed by atoms with Crippen molar-refractivity contribution in [2.24, 2.45) is 23.5 Å². The summed E-state index contributed by atoms with van der Waals surface area (Å²) in [6.07, 6.45) is 0. The number of rotatable bonds is 6. The summed E-state index contributed by atoms with van der Waals surface area (Å²) in [6, 6.07) is 0. The minimum Gasteiger partial charge on any atom is -0.330 e. The van der Waals surface area contributed by atoms with Crippen LogP contribution in [0.15, 0.2) is 0 Å². The fraction of sp³-hybridized carbons (Fsp3) is 1.00.